The Hall–Kier alpha value is -3.00. The van der Waals surface area contributed by atoms with Crippen LogP contribution in [-0.4, -0.2) is 18.6 Å². The maximum Gasteiger partial charge on any atom is 0.263 e. The van der Waals surface area contributed by atoms with Crippen molar-refractivity contribution in [3.05, 3.63) is 71.0 Å². The highest BCUT2D eigenvalue weighted by atomic mass is 32.2. The van der Waals surface area contributed by atoms with Crippen molar-refractivity contribution in [3.8, 4) is 0 Å². The Kier molecular flexibility index (Phi) is 5.09. The highest BCUT2D eigenvalue weighted by Gasteiger charge is 2.16. The highest BCUT2D eigenvalue weighted by molar-refractivity contribution is 7.92. The Morgan fingerprint density at radius 3 is 2.15 bits per heavy atom. The Bertz CT molecular complexity index is 1080. The van der Waals surface area contributed by atoms with E-state index in [0.29, 0.717) is 5.82 Å². The summed E-state index contributed by atoms with van der Waals surface area (Å²) in [5, 5.41) is 11.0. The molecule has 140 valence electrons. The fraction of sp³-hybridized carbons (Fsp3) is 0.158. The number of anilines is 3. The summed E-state index contributed by atoms with van der Waals surface area (Å²) in [4.78, 5) is -0.0412. The van der Waals surface area contributed by atoms with Gasteiger partial charge in [0, 0.05) is 5.69 Å². The topological polar surface area (TPSA) is 84.0 Å². The molecule has 0 spiro atoms. The smallest absolute Gasteiger partial charge is 0.263 e. The van der Waals surface area contributed by atoms with E-state index in [0.717, 1.165) is 17.3 Å². The molecule has 0 aliphatic carbocycles. The van der Waals surface area contributed by atoms with Gasteiger partial charge in [0.25, 0.3) is 10.0 Å². The van der Waals surface area contributed by atoms with Gasteiger partial charge in [0.05, 0.1) is 4.90 Å². The van der Waals surface area contributed by atoms with Gasteiger partial charge in [0.2, 0.25) is 0 Å². The van der Waals surface area contributed by atoms with Gasteiger partial charge in [-0.15, -0.1) is 10.2 Å². The maximum atomic E-state index is 13.3. The first-order chi connectivity index (χ1) is 12.7. The van der Waals surface area contributed by atoms with Crippen molar-refractivity contribution in [2.24, 2.45) is 0 Å². The number of benzene rings is 2. The lowest BCUT2D eigenvalue weighted by molar-refractivity contribution is 0.598. The third kappa shape index (κ3) is 4.40. The van der Waals surface area contributed by atoms with E-state index < -0.39 is 15.8 Å². The highest BCUT2D eigenvalue weighted by Crippen LogP contribution is 2.20. The average molecular weight is 386 g/mol. The molecule has 1 heterocycles. The molecule has 2 aromatic carbocycles. The zero-order valence-corrected chi connectivity index (χ0v) is 15.9. The van der Waals surface area contributed by atoms with E-state index in [1.807, 2.05) is 32.0 Å². The van der Waals surface area contributed by atoms with Crippen LogP contribution >= 0.6 is 0 Å². The molecule has 0 saturated heterocycles. The number of hydrogen-bond acceptors (Lipinski definition) is 5. The molecule has 0 fully saturated rings. The third-order valence-corrected chi connectivity index (χ3v) is 5.47. The Labute approximate surface area is 157 Å². The minimum absolute atomic E-state index is 0.0412. The van der Waals surface area contributed by atoms with Gasteiger partial charge in [-0.2, -0.15) is 0 Å². The molecular weight excluding hydrogens is 367 g/mol. The average Bonchev–Trinajstić information content (AvgIpc) is 2.62. The third-order valence-electron chi connectivity index (χ3n) is 4.12. The van der Waals surface area contributed by atoms with E-state index in [-0.39, 0.29) is 16.3 Å². The Morgan fingerprint density at radius 1 is 0.815 bits per heavy atom. The van der Waals surface area contributed by atoms with Gasteiger partial charge >= 0.3 is 0 Å². The first-order valence-corrected chi connectivity index (χ1v) is 9.70. The monoisotopic (exact) mass is 386 g/mol. The number of hydrogen-bond donors (Lipinski definition) is 2. The molecule has 0 aliphatic heterocycles. The minimum atomic E-state index is -3.87. The van der Waals surface area contributed by atoms with Crippen LogP contribution in [0, 0.1) is 26.6 Å². The van der Waals surface area contributed by atoms with Gasteiger partial charge in [-0.1, -0.05) is 6.07 Å². The van der Waals surface area contributed by atoms with Crippen LogP contribution in [0.2, 0.25) is 0 Å². The lowest BCUT2D eigenvalue weighted by Gasteiger charge is -2.10. The molecule has 0 atom stereocenters. The van der Waals surface area contributed by atoms with E-state index >= 15 is 0 Å². The molecule has 1 aromatic heterocycles. The van der Waals surface area contributed by atoms with Crippen molar-refractivity contribution < 1.29 is 12.8 Å². The first kappa shape index (κ1) is 18.8. The van der Waals surface area contributed by atoms with Crippen LogP contribution in [0.4, 0.5) is 21.7 Å². The quantitative estimate of drug-likeness (QED) is 0.690. The lowest BCUT2D eigenvalue weighted by atomic mass is 10.1. The molecule has 0 unspecified atom stereocenters. The normalized spacial score (nSPS) is 11.3. The molecule has 0 amide bonds. The second kappa shape index (κ2) is 7.32. The largest absolute Gasteiger partial charge is 0.339 e. The number of halogens is 1. The molecule has 0 bridgehead atoms. The van der Waals surface area contributed by atoms with E-state index in [9.17, 15) is 12.8 Å². The van der Waals surface area contributed by atoms with Crippen LogP contribution in [0.25, 0.3) is 0 Å². The maximum absolute atomic E-state index is 13.3. The van der Waals surface area contributed by atoms with Gasteiger partial charge in [-0.3, -0.25) is 4.72 Å². The van der Waals surface area contributed by atoms with E-state index in [1.165, 1.54) is 30.7 Å². The van der Waals surface area contributed by atoms with Gasteiger partial charge in [0.1, 0.15) is 5.82 Å². The SMILES string of the molecule is Cc1ccc(Nc2ccc(NS(=O)(=O)c3ccc(F)c(C)c3)nn2)cc1C. The molecule has 3 aromatic rings. The summed E-state index contributed by atoms with van der Waals surface area (Å²) in [7, 11) is -3.87. The van der Waals surface area contributed by atoms with Gasteiger partial charge in [0.15, 0.2) is 11.6 Å². The summed E-state index contributed by atoms with van der Waals surface area (Å²) in [6, 6.07) is 12.6. The number of aryl methyl sites for hydroxylation is 3. The van der Waals surface area contributed by atoms with Crippen molar-refractivity contribution in [1.82, 2.24) is 10.2 Å². The molecule has 6 nitrogen and oxygen atoms in total. The number of aromatic nitrogens is 2. The number of nitrogens with one attached hydrogen (secondary N) is 2. The van der Waals surface area contributed by atoms with Crippen LogP contribution in [0.3, 0.4) is 0 Å². The standard InChI is InChI=1S/C19H19FN4O2S/c1-12-4-5-15(10-13(12)2)21-18-8-9-19(23-22-18)24-27(25,26)16-6-7-17(20)14(3)11-16/h4-11H,1-3H3,(H,21,22)(H,23,24). The summed E-state index contributed by atoms with van der Waals surface area (Å²) < 4.78 is 40.5. The zero-order valence-electron chi connectivity index (χ0n) is 15.1. The van der Waals surface area contributed by atoms with Gasteiger partial charge in [-0.25, -0.2) is 12.8 Å². The van der Waals surface area contributed by atoms with Crippen molar-refractivity contribution >= 4 is 27.3 Å². The first-order valence-electron chi connectivity index (χ1n) is 8.21. The Morgan fingerprint density at radius 2 is 1.52 bits per heavy atom. The van der Waals surface area contributed by atoms with Crippen molar-refractivity contribution in [3.63, 3.8) is 0 Å². The van der Waals surface area contributed by atoms with Crippen LogP contribution in [-0.2, 0) is 10.0 Å². The molecule has 0 aliphatic rings. The van der Waals surface area contributed by atoms with E-state index in [1.54, 1.807) is 6.07 Å². The molecule has 2 N–H and O–H groups in total. The van der Waals surface area contributed by atoms with Gasteiger partial charge < -0.3 is 5.32 Å². The second-order valence-electron chi connectivity index (χ2n) is 6.24. The number of sulfonamides is 1. The van der Waals surface area contributed by atoms with Crippen molar-refractivity contribution in [2.75, 3.05) is 10.0 Å². The number of nitrogens with zero attached hydrogens (tertiary/aromatic N) is 2. The predicted molar refractivity (Wildman–Crippen MR) is 103 cm³/mol. The fourth-order valence-electron chi connectivity index (χ4n) is 2.40. The molecule has 3 rings (SSSR count). The molecule has 0 saturated carbocycles. The van der Waals surface area contributed by atoms with Crippen LogP contribution in [0.1, 0.15) is 16.7 Å². The Balaban J connectivity index is 1.74. The number of rotatable bonds is 5. The second-order valence-corrected chi connectivity index (χ2v) is 7.93. The van der Waals surface area contributed by atoms with E-state index in [2.05, 4.69) is 20.2 Å². The van der Waals surface area contributed by atoms with Crippen molar-refractivity contribution in [1.29, 1.82) is 0 Å². The summed E-state index contributed by atoms with van der Waals surface area (Å²) >= 11 is 0. The van der Waals surface area contributed by atoms with Crippen LogP contribution in [0.15, 0.2) is 53.4 Å². The van der Waals surface area contributed by atoms with Crippen LogP contribution < -0.4 is 10.0 Å². The van der Waals surface area contributed by atoms with Gasteiger partial charge in [-0.05, 0) is 79.9 Å². The summed E-state index contributed by atoms with van der Waals surface area (Å²) in [6.45, 7) is 5.55. The molecule has 8 heteroatoms. The van der Waals surface area contributed by atoms with E-state index in [4.69, 9.17) is 0 Å². The zero-order chi connectivity index (χ0) is 19.6. The fourth-order valence-corrected chi connectivity index (χ4v) is 3.48. The predicted octanol–water partition coefficient (Wildman–Crippen LogP) is 4.09. The lowest BCUT2D eigenvalue weighted by Crippen LogP contribution is -2.14. The molecular formula is C19H19FN4O2S. The molecule has 0 radical (unpaired) electrons. The summed E-state index contributed by atoms with van der Waals surface area (Å²) in [5.74, 6) is 0.0944. The molecule has 27 heavy (non-hydrogen) atoms. The summed E-state index contributed by atoms with van der Waals surface area (Å²) in [5.41, 5.74) is 3.44. The minimum Gasteiger partial charge on any atom is -0.339 e. The van der Waals surface area contributed by atoms with Crippen molar-refractivity contribution in [2.45, 2.75) is 25.7 Å². The van der Waals surface area contributed by atoms with Crippen LogP contribution in [0.5, 0.6) is 0 Å². The summed E-state index contributed by atoms with van der Waals surface area (Å²) in [6.07, 6.45) is 0.